The molecule has 1 aromatic rings. The fourth-order valence-corrected chi connectivity index (χ4v) is 1.94. The maximum Gasteiger partial charge on any atom is 0.321 e. The van der Waals surface area contributed by atoms with Gasteiger partial charge in [0.2, 0.25) is 5.91 Å². The normalized spacial score (nSPS) is 13.7. The summed E-state index contributed by atoms with van der Waals surface area (Å²) in [7, 11) is 0. The Morgan fingerprint density at radius 3 is 2.00 bits per heavy atom. The molecule has 1 aliphatic carbocycles. The fourth-order valence-electron chi connectivity index (χ4n) is 1.94. The van der Waals surface area contributed by atoms with Gasteiger partial charge in [-0.1, -0.05) is 0 Å². The first-order valence-electron chi connectivity index (χ1n) is 7.11. The second kappa shape index (κ2) is 6.41. The molecule has 0 aromatic heterocycles. The van der Waals surface area contributed by atoms with Crippen molar-refractivity contribution in [2.24, 2.45) is 5.92 Å². The van der Waals surface area contributed by atoms with Crippen molar-refractivity contribution < 1.29 is 9.59 Å². The van der Waals surface area contributed by atoms with E-state index in [1.54, 1.807) is 29.2 Å². The quantitative estimate of drug-likeness (QED) is 0.868. The lowest BCUT2D eigenvalue weighted by Gasteiger charge is -2.19. The molecule has 0 radical (unpaired) electrons. The zero-order valence-corrected chi connectivity index (χ0v) is 12.0. The molecule has 0 saturated heterocycles. The molecule has 20 heavy (non-hydrogen) atoms. The lowest BCUT2D eigenvalue weighted by Crippen LogP contribution is -2.34. The summed E-state index contributed by atoms with van der Waals surface area (Å²) in [5, 5.41) is 5.70. The van der Waals surface area contributed by atoms with Gasteiger partial charge >= 0.3 is 6.03 Å². The minimum absolute atomic E-state index is 0.0879. The van der Waals surface area contributed by atoms with Crippen molar-refractivity contribution >= 4 is 23.3 Å². The molecule has 108 valence electrons. The average molecular weight is 275 g/mol. The number of carbonyl (C=O) groups excluding carboxylic acids is 2. The summed E-state index contributed by atoms with van der Waals surface area (Å²) in [5.41, 5.74) is 1.49. The van der Waals surface area contributed by atoms with Crippen LogP contribution in [0.1, 0.15) is 26.7 Å². The molecule has 5 nitrogen and oxygen atoms in total. The van der Waals surface area contributed by atoms with Gasteiger partial charge in [-0.05, 0) is 51.0 Å². The Kier molecular flexibility index (Phi) is 4.61. The third kappa shape index (κ3) is 3.73. The van der Waals surface area contributed by atoms with Crippen molar-refractivity contribution in [1.82, 2.24) is 4.90 Å². The van der Waals surface area contributed by atoms with E-state index in [4.69, 9.17) is 0 Å². The number of anilines is 2. The van der Waals surface area contributed by atoms with Crippen molar-refractivity contribution in [2.45, 2.75) is 26.7 Å². The number of hydrogen-bond donors (Lipinski definition) is 2. The molecule has 2 rings (SSSR count). The first-order valence-corrected chi connectivity index (χ1v) is 7.11. The van der Waals surface area contributed by atoms with Gasteiger partial charge in [0.05, 0.1) is 0 Å². The van der Waals surface area contributed by atoms with Gasteiger partial charge in [0, 0.05) is 30.4 Å². The summed E-state index contributed by atoms with van der Waals surface area (Å²) in [6.07, 6.45) is 1.98. The molecule has 0 spiro atoms. The van der Waals surface area contributed by atoms with Crippen LogP contribution in [0.3, 0.4) is 0 Å². The Morgan fingerprint density at radius 2 is 1.55 bits per heavy atom. The molecule has 1 aliphatic rings. The number of hydrogen-bond acceptors (Lipinski definition) is 2. The Morgan fingerprint density at radius 1 is 1.05 bits per heavy atom. The van der Waals surface area contributed by atoms with Crippen LogP contribution in [-0.2, 0) is 4.79 Å². The highest BCUT2D eigenvalue weighted by Crippen LogP contribution is 2.30. The van der Waals surface area contributed by atoms with E-state index in [9.17, 15) is 9.59 Å². The molecule has 0 unspecified atom stereocenters. The number of nitrogens with zero attached hydrogens (tertiary/aromatic N) is 1. The van der Waals surface area contributed by atoms with Gasteiger partial charge in [-0.25, -0.2) is 4.79 Å². The molecule has 1 fully saturated rings. The Hall–Kier alpha value is -2.04. The van der Waals surface area contributed by atoms with Crippen LogP contribution in [0.4, 0.5) is 16.2 Å². The molecule has 0 bridgehead atoms. The van der Waals surface area contributed by atoms with Gasteiger partial charge in [-0.15, -0.1) is 0 Å². The van der Waals surface area contributed by atoms with Crippen molar-refractivity contribution in [3.8, 4) is 0 Å². The number of carbonyl (C=O) groups is 2. The maximum atomic E-state index is 11.9. The molecule has 3 amide bonds. The molecule has 2 N–H and O–H groups in total. The second-order valence-corrected chi connectivity index (χ2v) is 4.94. The summed E-state index contributed by atoms with van der Waals surface area (Å²) in [5.74, 6) is 0.280. The minimum atomic E-state index is -0.107. The van der Waals surface area contributed by atoms with Crippen molar-refractivity contribution in [2.75, 3.05) is 23.7 Å². The zero-order valence-electron chi connectivity index (χ0n) is 12.0. The van der Waals surface area contributed by atoms with E-state index < -0.39 is 0 Å². The largest absolute Gasteiger partial charge is 0.326 e. The first-order chi connectivity index (χ1) is 9.63. The predicted molar refractivity (Wildman–Crippen MR) is 79.7 cm³/mol. The first kappa shape index (κ1) is 14.4. The Balaban J connectivity index is 1.90. The van der Waals surface area contributed by atoms with Gasteiger partial charge < -0.3 is 15.5 Å². The van der Waals surface area contributed by atoms with Gasteiger partial charge in [0.25, 0.3) is 0 Å². The van der Waals surface area contributed by atoms with Crippen LogP contribution in [0.15, 0.2) is 24.3 Å². The van der Waals surface area contributed by atoms with Crippen LogP contribution in [0.5, 0.6) is 0 Å². The van der Waals surface area contributed by atoms with E-state index in [0.29, 0.717) is 13.1 Å². The minimum Gasteiger partial charge on any atom is -0.326 e. The van der Waals surface area contributed by atoms with E-state index >= 15 is 0 Å². The predicted octanol–water partition coefficient (Wildman–Crippen LogP) is 2.91. The van der Waals surface area contributed by atoms with Crippen molar-refractivity contribution in [1.29, 1.82) is 0 Å². The average Bonchev–Trinajstić information content (AvgIpc) is 3.27. The third-order valence-corrected chi connectivity index (χ3v) is 3.40. The smallest absolute Gasteiger partial charge is 0.321 e. The van der Waals surface area contributed by atoms with E-state index in [0.717, 1.165) is 24.2 Å². The highest BCUT2D eigenvalue weighted by atomic mass is 16.2. The van der Waals surface area contributed by atoms with Gasteiger partial charge in [0.15, 0.2) is 0 Å². The van der Waals surface area contributed by atoms with E-state index in [2.05, 4.69) is 10.6 Å². The van der Waals surface area contributed by atoms with Gasteiger partial charge in [-0.2, -0.15) is 0 Å². The van der Waals surface area contributed by atoms with Crippen molar-refractivity contribution in [3.63, 3.8) is 0 Å². The maximum absolute atomic E-state index is 11.9. The van der Waals surface area contributed by atoms with Crippen LogP contribution in [0.2, 0.25) is 0 Å². The summed E-state index contributed by atoms with van der Waals surface area (Å²) in [6, 6.07) is 7.09. The van der Waals surface area contributed by atoms with Crippen LogP contribution >= 0.6 is 0 Å². The Bertz CT molecular complexity index is 476. The fraction of sp³-hybridized carbons (Fsp3) is 0.467. The molecule has 0 atom stereocenters. The molecule has 5 heteroatoms. The highest BCUT2D eigenvalue weighted by Gasteiger charge is 2.29. The van der Waals surface area contributed by atoms with E-state index in [1.165, 1.54) is 0 Å². The van der Waals surface area contributed by atoms with Crippen LogP contribution in [0.25, 0.3) is 0 Å². The monoisotopic (exact) mass is 275 g/mol. The summed E-state index contributed by atoms with van der Waals surface area (Å²) < 4.78 is 0. The zero-order chi connectivity index (χ0) is 14.5. The van der Waals surface area contributed by atoms with Gasteiger partial charge in [0.1, 0.15) is 0 Å². The van der Waals surface area contributed by atoms with E-state index in [-0.39, 0.29) is 17.9 Å². The highest BCUT2D eigenvalue weighted by molar-refractivity contribution is 5.94. The van der Waals surface area contributed by atoms with Crippen molar-refractivity contribution in [3.05, 3.63) is 24.3 Å². The summed E-state index contributed by atoms with van der Waals surface area (Å²) >= 11 is 0. The Labute approximate surface area is 119 Å². The second-order valence-electron chi connectivity index (χ2n) is 4.94. The third-order valence-electron chi connectivity index (χ3n) is 3.40. The number of nitrogens with one attached hydrogen (secondary N) is 2. The topological polar surface area (TPSA) is 61.4 Å². The van der Waals surface area contributed by atoms with Crippen LogP contribution in [-0.4, -0.2) is 29.9 Å². The van der Waals surface area contributed by atoms with Gasteiger partial charge in [-0.3, -0.25) is 4.79 Å². The molecular formula is C15H21N3O2. The molecule has 0 heterocycles. The summed E-state index contributed by atoms with van der Waals surface area (Å²) in [4.78, 5) is 25.2. The molecule has 1 aromatic carbocycles. The van der Waals surface area contributed by atoms with Crippen LogP contribution in [0, 0.1) is 5.92 Å². The standard InChI is InChI=1S/C15H21N3O2/c1-3-18(4-2)15(20)17-13-9-7-12(8-10-13)16-14(19)11-5-6-11/h7-11H,3-6H2,1-2H3,(H,16,19)(H,17,20). The molecular weight excluding hydrogens is 254 g/mol. The number of amides is 3. The number of urea groups is 1. The van der Waals surface area contributed by atoms with E-state index in [1.807, 2.05) is 13.8 Å². The SMILES string of the molecule is CCN(CC)C(=O)Nc1ccc(NC(=O)C2CC2)cc1. The lowest BCUT2D eigenvalue weighted by atomic mass is 10.2. The van der Waals surface area contributed by atoms with Crippen LogP contribution < -0.4 is 10.6 Å². The molecule has 1 saturated carbocycles. The summed E-state index contributed by atoms with van der Waals surface area (Å²) in [6.45, 7) is 5.24. The molecule has 0 aliphatic heterocycles. The number of rotatable bonds is 5. The lowest BCUT2D eigenvalue weighted by molar-refractivity contribution is -0.117. The number of benzene rings is 1.